The minimum absolute atomic E-state index is 0.00787. The molecular weight excluding hydrogens is 216 g/mol. The first-order valence-corrected chi connectivity index (χ1v) is 5.85. The van der Waals surface area contributed by atoms with E-state index in [0.717, 1.165) is 0 Å². The summed E-state index contributed by atoms with van der Waals surface area (Å²) in [7, 11) is -3.74. The Morgan fingerprint density at radius 2 is 1.87 bits per heavy atom. The molecule has 0 fully saturated rings. The highest BCUT2D eigenvalue weighted by atomic mass is 32.2. The van der Waals surface area contributed by atoms with Gasteiger partial charge in [-0.05, 0) is 12.1 Å². The number of carbonyl (C=O) groups is 1. The summed E-state index contributed by atoms with van der Waals surface area (Å²) in [5.41, 5.74) is 5.13. The first-order valence-electron chi connectivity index (χ1n) is 4.37. The van der Waals surface area contributed by atoms with E-state index in [9.17, 15) is 13.2 Å². The number of benzene rings is 1. The van der Waals surface area contributed by atoms with Crippen LogP contribution in [0.2, 0.25) is 0 Å². The molecule has 0 aromatic heterocycles. The molecule has 0 aliphatic rings. The molecule has 82 valence electrons. The van der Waals surface area contributed by atoms with E-state index in [1.165, 1.54) is 12.1 Å². The van der Waals surface area contributed by atoms with Crippen molar-refractivity contribution >= 4 is 15.9 Å². The van der Waals surface area contributed by atoms with E-state index in [1.54, 1.807) is 18.2 Å². The van der Waals surface area contributed by atoms with E-state index < -0.39 is 15.9 Å². The Hall–Kier alpha value is -1.40. The third-order valence-corrected chi connectivity index (χ3v) is 3.06. The second-order valence-corrected chi connectivity index (χ2v) is 4.56. The van der Waals surface area contributed by atoms with Gasteiger partial charge in [0.15, 0.2) is 0 Å². The van der Waals surface area contributed by atoms with E-state index >= 15 is 0 Å². The first kappa shape index (κ1) is 11.7. The highest BCUT2D eigenvalue weighted by Crippen LogP contribution is 2.06. The fourth-order valence-electron chi connectivity index (χ4n) is 0.991. The molecule has 0 bridgehead atoms. The van der Waals surface area contributed by atoms with Crippen LogP contribution in [0.25, 0.3) is 0 Å². The zero-order valence-corrected chi connectivity index (χ0v) is 8.83. The summed E-state index contributed by atoms with van der Waals surface area (Å²) in [6.07, 6.45) is -0.00787. The molecule has 0 heterocycles. The van der Waals surface area contributed by atoms with Gasteiger partial charge in [0.1, 0.15) is 0 Å². The summed E-state index contributed by atoms with van der Waals surface area (Å²) in [4.78, 5) is 11.1. The maximum atomic E-state index is 11.5. The number of hydrogen-bond acceptors (Lipinski definition) is 4. The zero-order chi connectivity index (χ0) is 11.3. The van der Waals surface area contributed by atoms with Gasteiger partial charge in [0.05, 0.1) is 4.90 Å². The number of carbonyl (C=O) groups excluding carboxylic acids is 1. The van der Waals surface area contributed by atoms with Crippen molar-refractivity contribution in [1.29, 1.82) is 0 Å². The van der Waals surface area contributed by atoms with Crippen LogP contribution in [-0.2, 0) is 14.8 Å². The third kappa shape index (κ3) is 3.34. The second-order valence-electron chi connectivity index (χ2n) is 2.88. The highest BCUT2D eigenvalue weighted by Gasteiger charge is 2.15. The van der Waals surface area contributed by atoms with Crippen molar-refractivity contribution in [3.63, 3.8) is 0 Å². The highest BCUT2D eigenvalue weighted by molar-refractivity contribution is 7.90. The van der Waals surface area contributed by atoms with Crippen LogP contribution in [0, 0.1) is 0 Å². The van der Waals surface area contributed by atoms with E-state index in [-0.39, 0.29) is 17.9 Å². The van der Waals surface area contributed by atoms with Crippen molar-refractivity contribution in [2.75, 3.05) is 6.54 Å². The lowest BCUT2D eigenvalue weighted by atomic mass is 10.4. The van der Waals surface area contributed by atoms with Gasteiger partial charge >= 0.3 is 0 Å². The average molecular weight is 228 g/mol. The Kier molecular flexibility index (Phi) is 3.81. The molecule has 1 amide bonds. The predicted octanol–water partition coefficient (Wildman–Crippen LogP) is -0.160. The smallest absolute Gasteiger partial charge is 0.264 e. The number of amides is 1. The van der Waals surface area contributed by atoms with Crippen LogP contribution in [0.15, 0.2) is 35.2 Å². The molecule has 1 rings (SSSR count). The summed E-state index contributed by atoms with van der Waals surface area (Å²) in [6.45, 7) is 0.121. The SMILES string of the molecule is NCCC(=O)NS(=O)(=O)c1ccccc1. The molecule has 3 N–H and O–H groups in total. The van der Waals surface area contributed by atoms with Crippen molar-refractivity contribution < 1.29 is 13.2 Å². The van der Waals surface area contributed by atoms with Gasteiger partial charge in [0.25, 0.3) is 10.0 Å². The monoisotopic (exact) mass is 228 g/mol. The molecular formula is C9H12N2O3S. The van der Waals surface area contributed by atoms with Crippen molar-refractivity contribution in [3.05, 3.63) is 30.3 Å². The minimum atomic E-state index is -3.74. The van der Waals surface area contributed by atoms with Gasteiger partial charge in [-0.15, -0.1) is 0 Å². The quantitative estimate of drug-likeness (QED) is 0.749. The molecule has 0 aliphatic carbocycles. The van der Waals surface area contributed by atoms with Crippen LogP contribution in [0.1, 0.15) is 6.42 Å². The van der Waals surface area contributed by atoms with Crippen LogP contribution in [0.4, 0.5) is 0 Å². The lowest BCUT2D eigenvalue weighted by Crippen LogP contribution is -2.31. The van der Waals surface area contributed by atoms with E-state index in [2.05, 4.69) is 0 Å². The number of hydrogen-bond donors (Lipinski definition) is 2. The fraction of sp³-hybridized carbons (Fsp3) is 0.222. The van der Waals surface area contributed by atoms with Crippen molar-refractivity contribution in [2.24, 2.45) is 5.73 Å². The molecule has 0 radical (unpaired) electrons. The molecule has 6 heteroatoms. The Morgan fingerprint density at radius 1 is 1.27 bits per heavy atom. The van der Waals surface area contributed by atoms with E-state index in [1.807, 2.05) is 4.72 Å². The number of nitrogens with two attached hydrogens (primary N) is 1. The Labute approximate surface area is 88.3 Å². The molecule has 1 aromatic carbocycles. The third-order valence-electron chi connectivity index (χ3n) is 1.67. The van der Waals surface area contributed by atoms with Crippen LogP contribution in [0.3, 0.4) is 0 Å². The zero-order valence-electron chi connectivity index (χ0n) is 8.01. The van der Waals surface area contributed by atoms with Crippen LogP contribution in [0.5, 0.6) is 0 Å². The lowest BCUT2D eigenvalue weighted by Gasteiger charge is -2.05. The molecule has 0 unspecified atom stereocenters. The standard InChI is InChI=1S/C9H12N2O3S/c10-7-6-9(12)11-15(13,14)8-4-2-1-3-5-8/h1-5H,6-7,10H2,(H,11,12). The molecule has 5 nitrogen and oxygen atoms in total. The van der Waals surface area contributed by atoms with E-state index in [4.69, 9.17) is 5.73 Å². The molecule has 0 saturated carbocycles. The maximum absolute atomic E-state index is 11.5. The number of nitrogens with one attached hydrogen (secondary N) is 1. The maximum Gasteiger partial charge on any atom is 0.264 e. The minimum Gasteiger partial charge on any atom is -0.330 e. The van der Waals surface area contributed by atoms with Gasteiger partial charge in [-0.25, -0.2) is 13.1 Å². The van der Waals surface area contributed by atoms with Crippen LogP contribution in [-0.4, -0.2) is 20.9 Å². The summed E-state index contributed by atoms with van der Waals surface area (Å²) in [5, 5.41) is 0. The van der Waals surface area contributed by atoms with Crippen LogP contribution < -0.4 is 10.5 Å². The predicted molar refractivity (Wildman–Crippen MR) is 55.4 cm³/mol. The molecule has 15 heavy (non-hydrogen) atoms. The van der Waals surface area contributed by atoms with Gasteiger partial charge in [-0.1, -0.05) is 18.2 Å². The van der Waals surface area contributed by atoms with Gasteiger partial charge in [-0.3, -0.25) is 4.79 Å². The van der Waals surface area contributed by atoms with Crippen LogP contribution >= 0.6 is 0 Å². The normalized spacial score (nSPS) is 11.0. The topological polar surface area (TPSA) is 89.3 Å². The van der Waals surface area contributed by atoms with Crippen molar-refractivity contribution in [3.8, 4) is 0 Å². The summed E-state index contributed by atoms with van der Waals surface area (Å²) in [5.74, 6) is -0.596. The molecule has 0 saturated heterocycles. The summed E-state index contributed by atoms with van der Waals surface area (Å²) < 4.78 is 25.0. The Bertz CT molecular complexity index is 428. The molecule has 0 atom stereocenters. The van der Waals surface area contributed by atoms with Crippen molar-refractivity contribution in [2.45, 2.75) is 11.3 Å². The number of sulfonamides is 1. The lowest BCUT2D eigenvalue weighted by molar-refractivity contribution is -0.119. The number of rotatable bonds is 4. The van der Waals surface area contributed by atoms with Crippen molar-refractivity contribution in [1.82, 2.24) is 4.72 Å². The van der Waals surface area contributed by atoms with Gasteiger partial charge in [0, 0.05) is 13.0 Å². The van der Waals surface area contributed by atoms with Gasteiger partial charge in [-0.2, -0.15) is 0 Å². The summed E-state index contributed by atoms with van der Waals surface area (Å²) >= 11 is 0. The molecule has 0 aliphatic heterocycles. The van der Waals surface area contributed by atoms with Gasteiger partial charge in [0.2, 0.25) is 5.91 Å². The Balaban J connectivity index is 2.81. The molecule has 0 spiro atoms. The van der Waals surface area contributed by atoms with E-state index in [0.29, 0.717) is 0 Å². The van der Waals surface area contributed by atoms with Gasteiger partial charge < -0.3 is 5.73 Å². The average Bonchev–Trinajstić information content (AvgIpc) is 2.18. The summed E-state index contributed by atoms with van der Waals surface area (Å²) in [6, 6.07) is 7.70. The fourth-order valence-corrected chi connectivity index (χ4v) is 2.03. The first-order chi connectivity index (χ1) is 7.06. The largest absolute Gasteiger partial charge is 0.330 e. The second kappa shape index (κ2) is 4.90. The Morgan fingerprint density at radius 3 is 2.40 bits per heavy atom. The molecule has 1 aromatic rings.